The largest absolute Gasteiger partial charge is 0.379 e. The van der Waals surface area contributed by atoms with Crippen LogP contribution in [0.5, 0.6) is 0 Å². The second-order valence-electron chi connectivity index (χ2n) is 4.46. The van der Waals surface area contributed by atoms with E-state index in [0.29, 0.717) is 10.8 Å². The Balaban J connectivity index is 1.57. The molecule has 0 saturated carbocycles. The zero-order valence-electron chi connectivity index (χ0n) is 10.8. The van der Waals surface area contributed by atoms with E-state index in [9.17, 15) is 4.79 Å². The molecule has 1 saturated heterocycles. The third-order valence-electron chi connectivity index (χ3n) is 3.01. The van der Waals surface area contributed by atoms with Gasteiger partial charge < -0.3 is 4.74 Å². The first-order valence-corrected chi connectivity index (χ1v) is 7.24. The molecule has 0 bridgehead atoms. The number of hydrogen-bond donors (Lipinski definition) is 2. The van der Waals surface area contributed by atoms with Gasteiger partial charge in [0, 0.05) is 31.2 Å². The van der Waals surface area contributed by atoms with Gasteiger partial charge in [0.25, 0.3) is 5.91 Å². The molecule has 20 heavy (non-hydrogen) atoms. The molecule has 0 unspecified atom stereocenters. The summed E-state index contributed by atoms with van der Waals surface area (Å²) in [5, 5.41) is 11.7. The molecule has 1 fully saturated rings. The number of carbonyl (C=O) groups is 1. The molecule has 0 spiro atoms. The summed E-state index contributed by atoms with van der Waals surface area (Å²) in [5.41, 5.74) is 1.40. The second-order valence-corrected chi connectivity index (χ2v) is 5.32. The molecule has 8 heteroatoms. The van der Waals surface area contributed by atoms with E-state index in [1.165, 1.54) is 11.3 Å². The van der Waals surface area contributed by atoms with E-state index in [1.807, 2.05) is 5.38 Å². The Morgan fingerprint density at radius 1 is 1.50 bits per heavy atom. The Labute approximate surface area is 120 Å². The lowest BCUT2D eigenvalue weighted by molar-refractivity contribution is 0.0337. The standard InChI is InChI=1S/C12H15N5O2S/c18-11(10-1-2-13-16-10)15-12-14-9(8-20-12)7-17-3-5-19-6-4-17/h1-2,8H,3-7H2,(H,13,16)(H,14,15,18). The molecule has 2 N–H and O–H groups in total. The zero-order chi connectivity index (χ0) is 13.8. The van der Waals surface area contributed by atoms with Gasteiger partial charge in [0.15, 0.2) is 5.13 Å². The fourth-order valence-corrected chi connectivity index (χ4v) is 2.67. The number of hydrogen-bond acceptors (Lipinski definition) is 6. The molecule has 106 valence electrons. The highest BCUT2D eigenvalue weighted by Crippen LogP contribution is 2.17. The monoisotopic (exact) mass is 293 g/mol. The van der Waals surface area contributed by atoms with Crippen molar-refractivity contribution in [3.05, 3.63) is 29.0 Å². The van der Waals surface area contributed by atoms with Crippen LogP contribution in [0.2, 0.25) is 0 Å². The molecule has 3 heterocycles. The number of H-pyrrole nitrogens is 1. The second kappa shape index (κ2) is 6.12. The Morgan fingerprint density at radius 3 is 3.10 bits per heavy atom. The molecule has 1 aliphatic rings. The number of anilines is 1. The van der Waals surface area contributed by atoms with E-state index in [4.69, 9.17) is 4.74 Å². The number of rotatable bonds is 4. The first-order valence-electron chi connectivity index (χ1n) is 6.36. The fraction of sp³-hybridized carbons (Fsp3) is 0.417. The van der Waals surface area contributed by atoms with Crippen LogP contribution in [0.3, 0.4) is 0 Å². The van der Waals surface area contributed by atoms with Crippen molar-refractivity contribution in [2.24, 2.45) is 0 Å². The van der Waals surface area contributed by atoms with Crippen LogP contribution in [0.25, 0.3) is 0 Å². The number of carbonyl (C=O) groups excluding carboxylic acids is 1. The summed E-state index contributed by atoms with van der Waals surface area (Å²) >= 11 is 1.43. The van der Waals surface area contributed by atoms with Gasteiger partial charge in [-0.3, -0.25) is 20.1 Å². The number of ether oxygens (including phenoxy) is 1. The van der Waals surface area contributed by atoms with E-state index < -0.39 is 0 Å². The molecule has 0 atom stereocenters. The van der Waals surface area contributed by atoms with Crippen molar-refractivity contribution in [2.75, 3.05) is 31.6 Å². The number of amides is 1. The van der Waals surface area contributed by atoms with Crippen molar-refractivity contribution in [3.8, 4) is 0 Å². The van der Waals surface area contributed by atoms with Crippen LogP contribution in [0.15, 0.2) is 17.6 Å². The van der Waals surface area contributed by atoms with E-state index in [0.717, 1.165) is 38.5 Å². The molecular weight excluding hydrogens is 278 g/mol. The first kappa shape index (κ1) is 13.2. The van der Waals surface area contributed by atoms with Crippen LogP contribution in [-0.4, -0.2) is 52.3 Å². The third kappa shape index (κ3) is 3.21. The Kier molecular flexibility index (Phi) is 4.05. The van der Waals surface area contributed by atoms with Gasteiger partial charge in [0.2, 0.25) is 0 Å². The van der Waals surface area contributed by atoms with E-state index in [1.54, 1.807) is 12.3 Å². The lowest BCUT2D eigenvalue weighted by Crippen LogP contribution is -2.35. The van der Waals surface area contributed by atoms with Crippen molar-refractivity contribution < 1.29 is 9.53 Å². The number of morpholine rings is 1. The number of nitrogens with zero attached hydrogens (tertiary/aromatic N) is 3. The van der Waals surface area contributed by atoms with Crippen LogP contribution in [-0.2, 0) is 11.3 Å². The van der Waals surface area contributed by atoms with Crippen LogP contribution >= 0.6 is 11.3 Å². The van der Waals surface area contributed by atoms with Gasteiger partial charge in [0.1, 0.15) is 5.69 Å². The minimum atomic E-state index is -0.227. The predicted octanol–water partition coefficient (Wildman–Crippen LogP) is 0.951. The SMILES string of the molecule is O=C(Nc1nc(CN2CCOCC2)cs1)c1ccn[nH]1. The average molecular weight is 293 g/mol. The van der Waals surface area contributed by atoms with Crippen LogP contribution in [0.4, 0.5) is 5.13 Å². The third-order valence-corrected chi connectivity index (χ3v) is 3.81. The maximum absolute atomic E-state index is 11.8. The molecule has 0 aromatic carbocycles. The minimum Gasteiger partial charge on any atom is -0.379 e. The van der Waals surface area contributed by atoms with Gasteiger partial charge in [0.05, 0.1) is 18.9 Å². The molecule has 7 nitrogen and oxygen atoms in total. The molecule has 1 aliphatic heterocycles. The summed E-state index contributed by atoms with van der Waals surface area (Å²) < 4.78 is 5.31. The summed E-state index contributed by atoms with van der Waals surface area (Å²) in [6.07, 6.45) is 1.54. The van der Waals surface area contributed by atoms with Crippen molar-refractivity contribution in [1.29, 1.82) is 0 Å². The first-order chi connectivity index (χ1) is 9.81. The molecule has 0 aliphatic carbocycles. The van der Waals surface area contributed by atoms with Gasteiger partial charge in [-0.15, -0.1) is 11.3 Å². The summed E-state index contributed by atoms with van der Waals surface area (Å²) in [6, 6.07) is 1.62. The summed E-state index contributed by atoms with van der Waals surface area (Å²) in [7, 11) is 0. The topological polar surface area (TPSA) is 83.1 Å². The zero-order valence-corrected chi connectivity index (χ0v) is 11.7. The highest BCUT2D eigenvalue weighted by atomic mass is 32.1. The minimum absolute atomic E-state index is 0.227. The number of aromatic nitrogens is 3. The highest BCUT2D eigenvalue weighted by Gasteiger charge is 2.14. The Morgan fingerprint density at radius 2 is 2.35 bits per heavy atom. The van der Waals surface area contributed by atoms with E-state index >= 15 is 0 Å². The van der Waals surface area contributed by atoms with Crippen LogP contribution in [0, 0.1) is 0 Å². The smallest absolute Gasteiger partial charge is 0.275 e. The summed E-state index contributed by atoms with van der Waals surface area (Å²) in [6.45, 7) is 4.18. The molecule has 2 aromatic heterocycles. The normalized spacial score (nSPS) is 16.2. The van der Waals surface area contributed by atoms with Gasteiger partial charge >= 0.3 is 0 Å². The molecule has 2 aromatic rings. The lowest BCUT2D eigenvalue weighted by atomic mass is 10.4. The van der Waals surface area contributed by atoms with Gasteiger partial charge in [-0.1, -0.05) is 0 Å². The van der Waals surface area contributed by atoms with Gasteiger partial charge in [-0.25, -0.2) is 4.98 Å². The molecule has 3 rings (SSSR count). The van der Waals surface area contributed by atoms with Crippen molar-refractivity contribution in [1.82, 2.24) is 20.1 Å². The van der Waals surface area contributed by atoms with Gasteiger partial charge in [-0.05, 0) is 6.07 Å². The van der Waals surface area contributed by atoms with Crippen molar-refractivity contribution in [3.63, 3.8) is 0 Å². The predicted molar refractivity (Wildman–Crippen MR) is 74.8 cm³/mol. The maximum Gasteiger partial charge on any atom is 0.275 e. The van der Waals surface area contributed by atoms with Crippen LogP contribution < -0.4 is 5.32 Å². The lowest BCUT2D eigenvalue weighted by Gasteiger charge is -2.25. The molecular formula is C12H15N5O2S. The average Bonchev–Trinajstić information content (AvgIpc) is 3.11. The van der Waals surface area contributed by atoms with Crippen molar-refractivity contribution >= 4 is 22.4 Å². The number of aromatic amines is 1. The molecule has 0 radical (unpaired) electrons. The number of thiazole rings is 1. The summed E-state index contributed by atoms with van der Waals surface area (Å²) in [5.74, 6) is -0.227. The fourth-order valence-electron chi connectivity index (χ4n) is 1.97. The van der Waals surface area contributed by atoms with Crippen LogP contribution in [0.1, 0.15) is 16.2 Å². The Bertz CT molecular complexity index is 562. The highest BCUT2D eigenvalue weighted by molar-refractivity contribution is 7.13. The van der Waals surface area contributed by atoms with Gasteiger partial charge in [-0.2, -0.15) is 5.10 Å². The van der Waals surface area contributed by atoms with Crippen molar-refractivity contribution in [2.45, 2.75) is 6.54 Å². The van der Waals surface area contributed by atoms with E-state index in [-0.39, 0.29) is 5.91 Å². The molecule has 1 amide bonds. The summed E-state index contributed by atoms with van der Waals surface area (Å²) in [4.78, 5) is 18.5. The maximum atomic E-state index is 11.8. The van der Waals surface area contributed by atoms with E-state index in [2.05, 4.69) is 25.4 Å². The quantitative estimate of drug-likeness (QED) is 0.877. The Hall–Kier alpha value is -1.77. The number of nitrogens with one attached hydrogen (secondary N) is 2.